The van der Waals surface area contributed by atoms with Gasteiger partial charge in [-0.05, 0) is 31.9 Å². The van der Waals surface area contributed by atoms with Crippen LogP contribution in [0.4, 0.5) is 5.69 Å². The number of benzene rings is 1. The van der Waals surface area contributed by atoms with Crippen LogP contribution in [0.2, 0.25) is 10.0 Å². The van der Waals surface area contributed by atoms with Crippen LogP contribution in [0.1, 0.15) is 19.8 Å². The van der Waals surface area contributed by atoms with E-state index in [0.717, 1.165) is 0 Å². The number of nitrogens with zero attached hydrogens (tertiary/aromatic N) is 1. The lowest BCUT2D eigenvalue weighted by molar-refractivity contribution is -0.151. The topological polar surface area (TPSA) is 67.9 Å². The van der Waals surface area contributed by atoms with Crippen molar-refractivity contribution >= 4 is 40.8 Å². The fraction of sp³-hybridized carbons (Fsp3) is 0.529. The van der Waals surface area contributed by atoms with Gasteiger partial charge in [-0.15, -0.1) is 0 Å². The minimum Gasteiger partial charge on any atom is -0.494 e. The molecule has 1 fully saturated rings. The molecule has 0 atom stereocenters. The van der Waals surface area contributed by atoms with E-state index in [2.05, 4.69) is 5.32 Å². The van der Waals surface area contributed by atoms with Crippen molar-refractivity contribution in [2.45, 2.75) is 19.8 Å². The van der Waals surface area contributed by atoms with Crippen molar-refractivity contribution in [2.24, 2.45) is 5.92 Å². The third-order valence-electron chi connectivity index (χ3n) is 4.11. The maximum atomic E-state index is 12.3. The highest BCUT2D eigenvalue weighted by atomic mass is 35.5. The van der Waals surface area contributed by atoms with Crippen molar-refractivity contribution in [1.82, 2.24) is 4.90 Å². The van der Waals surface area contributed by atoms with E-state index in [-0.39, 0.29) is 24.3 Å². The molecule has 0 radical (unpaired) electrons. The molecule has 25 heavy (non-hydrogen) atoms. The molecule has 2 rings (SSSR count). The average Bonchev–Trinajstić information content (AvgIpc) is 2.60. The van der Waals surface area contributed by atoms with E-state index in [9.17, 15) is 9.59 Å². The van der Waals surface area contributed by atoms with Crippen molar-refractivity contribution in [3.05, 3.63) is 22.2 Å². The summed E-state index contributed by atoms with van der Waals surface area (Å²) in [5, 5.41) is 3.77. The highest BCUT2D eigenvalue weighted by Gasteiger charge is 2.28. The number of likely N-dealkylation sites (tertiary alicyclic amines) is 1. The molecule has 1 amide bonds. The maximum absolute atomic E-state index is 12.3. The number of carbonyl (C=O) groups is 2. The number of methoxy groups -OCH3 is 1. The van der Waals surface area contributed by atoms with E-state index in [1.165, 1.54) is 7.11 Å². The summed E-state index contributed by atoms with van der Waals surface area (Å²) in [6.07, 6.45) is 1.26. The molecule has 8 heteroatoms. The molecule has 6 nitrogen and oxygen atoms in total. The molecule has 0 aliphatic carbocycles. The Bertz CT molecular complexity index is 608. The molecule has 1 aromatic rings. The number of amides is 1. The van der Waals surface area contributed by atoms with Crippen molar-refractivity contribution in [2.75, 3.05) is 38.7 Å². The maximum Gasteiger partial charge on any atom is 0.309 e. The average molecular weight is 389 g/mol. The minimum absolute atomic E-state index is 0.0367. The summed E-state index contributed by atoms with van der Waals surface area (Å²) in [7, 11) is 1.49. The number of piperidine rings is 1. The summed E-state index contributed by atoms with van der Waals surface area (Å²) in [5.41, 5.74) is 0.644. The molecular formula is C17H22Cl2N2O4. The highest BCUT2D eigenvalue weighted by molar-refractivity contribution is 6.37. The molecule has 1 N–H and O–H groups in total. The van der Waals surface area contributed by atoms with E-state index in [1.54, 1.807) is 24.0 Å². The van der Waals surface area contributed by atoms with Gasteiger partial charge in [0, 0.05) is 18.8 Å². The molecule has 138 valence electrons. The van der Waals surface area contributed by atoms with E-state index in [0.29, 0.717) is 54.0 Å². The van der Waals surface area contributed by atoms with Gasteiger partial charge >= 0.3 is 5.97 Å². The molecule has 0 spiro atoms. The zero-order valence-corrected chi connectivity index (χ0v) is 15.8. The summed E-state index contributed by atoms with van der Waals surface area (Å²) in [6.45, 7) is 3.40. The fourth-order valence-electron chi connectivity index (χ4n) is 2.77. The first-order chi connectivity index (χ1) is 12.0. The summed E-state index contributed by atoms with van der Waals surface area (Å²) >= 11 is 12.2. The zero-order valence-electron chi connectivity index (χ0n) is 14.3. The van der Waals surface area contributed by atoms with E-state index >= 15 is 0 Å². The largest absolute Gasteiger partial charge is 0.494 e. The molecule has 1 aliphatic heterocycles. The van der Waals surface area contributed by atoms with Gasteiger partial charge in [0.1, 0.15) is 0 Å². The Hall–Kier alpha value is -1.66. The molecule has 0 saturated carbocycles. The summed E-state index contributed by atoms with van der Waals surface area (Å²) < 4.78 is 10.1. The van der Waals surface area contributed by atoms with Crippen LogP contribution in [0.3, 0.4) is 0 Å². The number of hydrogen-bond donors (Lipinski definition) is 1. The fourth-order valence-corrected chi connectivity index (χ4v) is 3.41. The number of carbonyl (C=O) groups excluding carboxylic acids is 2. The van der Waals surface area contributed by atoms with E-state index < -0.39 is 0 Å². The summed E-state index contributed by atoms with van der Waals surface area (Å²) in [5.74, 6) is 0.0815. The number of hydrogen-bond acceptors (Lipinski definition) is 5. The lowest BCUT2D eigenvalue weighted by Gasteiger charge is -2.31. The van der Waals surface area contributed by atoms with Crippen LogP contribution in [0.5, 0.6) is 5.75 Å². The quantitative estimate of drug-likeness (QED) is 0.757. The first-order valence-corrected chi connectivity index (χ1v) is 8.93. The molecule has 1 saturated heterocycles. The van der Waals surface area contributed by atoms with Gasteiger partial charge in [0.15, 0.2) is 5.75 Å². The Kier molecular flexibility index (Phi) is 7.20. The second-order valence-electron chi connectivity index (χ2n) is 5.73. The Morgan fingerprint density at radius 3 is 2.36 bits per heavy atom. The van der Waals surface area contributed by atoms with Gasteiger partial charge < -0.3 is 19.7 Å². The Morgan fingerprint density at radius 1 is 1.24 bits per heavy atom. The van der Waals surface area contributed by atoms with Crippen molar-refractivity contribution in [3.63, 3.8) is 0 Å². The number of anilines is 1. The number of nitrogens with one attached hydrogen (secondary N) is 1. The summed E-state index contributed by atoms with van der Waals surface area (Å²) in [4.78, 5) is 25.8. The third kappa shape index (κ3) is 5.16. The highest BCUT2D eigenvalue weighted by Crippen LogP contribution is 2.35. The smallest absolute Gasteiger partial charge is 0.309 e. The van der Waals surface area contributed by atoms with Gasteiger partial charge in [-0.2, -0.15) is 0 Å². The zero-order chi connectivity index (χ0) is 18.4. The van der Waals surface area contributed by atoms with Crippen molar-refractivity contribution < 1.29 is 19.1 Å². The van der Waals surface area contributed by atoms with Crippen LogP contribution in [0, 0.1) is 5.92 Å². The van der Waals surface area contributed by atoms with Crippen molar-refractivity contribution in [3.8, 4) is 5.75 Å². The molecule has 1 aliphatic rings. The van der Waals surface area contributed by atoms with E-state index in [1.807, 2.05) is 0 Å². The minimum atomic E-state index is -0.171. The first-order valence-electron chi connectivity index (χ1n) is 8.17. The Balaban J connectivity index is 1.84. The monoisotopic (exact) mass is 388 g/mol. The number of halogens is 2. The Labute approximate surface area is 157 Å². The third-order valence-corrected chi connectivity index (χ3v) is 4.68. The van der Waals surface area contributed by atoms with Gasteiger partial charge in [0.25, 0.3) is 0 Å². The molecule has 0 unspecified atom stereocenters. The van der Waals surface area contributed by atoms with Gasteiger partial charge in [-0.3, -0.25) is 9.59 Å². The lowest BCUT2D eigenvalue weighted by Crippen LogP contribution is -2.43. The van der Waals surface area contributed by atoms with Gasteiger partial charge in [0.05, 0.1) is 36.2 Å². The van der Waals surface area contributed by atoms with Crippen molar-refractivity contribution in [1.29, 1.82) is 0 Å². The molecule has 1 aromatic carbocycles. The summed E-state index contributed by atoms with van der Waals surface area (Å²) in [6, 6.07) is 3.32. The predicted octanol–water partition coefficient (Wildman–Crippen LogP) is 3.22. The lowest BCUT2D eigenvalue weighted by atomic mass is 9.97. The second kappa shape index (κ2) is 9.15. The van der Waals surface area contributed by atoms with Gasteiger partial charge in [0.2, 0.25) is 5.91 Å². The molecule has 0 aromatic heterocycles. The predicted molar refractivity (Wildman–Crippen MR) is 97.4 cm³/mol. The van der Waals surface area contributed by atoms with Crippen LogP contribution >= 0.6 is 23.2 Å². The first kappa shape index (κ1) is 19.7. The van der Waals surface area contributed by atoms with Crippen LogP contribution in [-0.4, -0.2) is 50.1 Å². The SMILES string of the molecule is CCOC(=O)C1CCN(C(=O)CNc2cc(Cl)c(OC)c(Cl)c2)CC1. The molecule has 1 heterocycles. The van der Waals surface area contributed by atoms with Crippen LogP contribution in [0.25, 0.3) is 0 Å². The van der Waals surface area contributed by atoms with Crippen LogP contribution < -0.4 is 10.1 Å². The van der Waals surface area contributed by atoms with Crippen LogP contribution in [-0.2, 0) is 14.3 Å². The normalized spacial score (nSPS) is 15.0. The number of rotatable bonds is 6. The van der Waals surface area contributed by atoms with E-state index in [4.69, 9.17) is 32.7 Å². The molecule has 0 bridgehead atoms. The Morgan fingerprint density at radius 2 is 1.84 bits per heavy atom. The van der Waals surface area contributed by atoms with Gasteiger partial charge in [-0.25, -0.2) is 0 Å². The van der Waals surface area contributed by atoms with Crippen LogP contribution in [0.15, 0.2) is 12.1 Å². The molecular weight excluding hydrogens is 367 g/mol. The number of ether oxygens (including phenoxy) is 2. The van der Waals surface area contributed by atoms with Gasteiger partial charge in [-0.1, -0.05) is 23.2 Å². The standard InChI is InChI=1S/C17H22Cl2N2O4/c1-3-25-17(23)11-4-6-21(7-5-11)15(22)10-20-12-8-13(18)16(24-2)14(19)9-12/h8-9,11,20H,3-7,10H2,1-2H3. The number of esters is 1. The second-order valence-corrected chi connectivity index (χ2v) is 6.55.